The monoisotopic (exact) mass is 519 g/mol. The van der Waals surface area contributed by atoms with Crippen molar-refractivity contribution in [2.75, 3.05) is 10.2 Å². The molecule has 0 spiro atoms. The molecule has 11 nitrogen and oxygen atoms in total. The standard InChI is InChI=1S/C23H24F3N7O4/c1-11-9-32-17(10-31(11)23(36)30-13-6-14(24)18(26)15(25)7-13)16(8-29-32)33-12(2)20(19(34)21(33)35)37-22-27-4-3-5-28-22/h3-8,11-12,19-20,23,30,34,36H,9-10H2,1-2H3/t11-,12+,19-,20+,23?/m0/s1. The molecular formula is C23H24F3N7O4. The van der Waals surface area contributed by atoms with Crippen LogP contribution in [-0.2, 0) is 17.9 Å². The number of aliphatic hydroxyl groups excluding tert-OH is 2. The zero-order valence-electron chi connectivity index (χ0n) is 19.8. The summed E-state index contributed by atoms with van der Waals surface area (Å²) in [7, 11) is 0. The number of ether oxygens (including phenoxy) is 1. The molecule has 14 heteroatoms. The van der Waals surface area contributed by atoms with Gasteiger partial charge in [-0.2, -0.15) is 5.10 Å². The molecule has 37 heavy (non-hydrogen) atoms. The van der Waals surface area contributed by atoms with Gasteiger partial charge >= 0.3 is 6.01 Å². The van der Waals surface area contributed by atoms with Crippen molar-refractivity contribution in [2.45, 2.75) is 57.6 Å². The van der Waals surface area contributed by atoms with Gasteiger partial charge in [-0.1, -0.05) is 0 Å². The van der Waals surface area contributed by atoms with E-state index in [4.69, 9.17) is 4.74 Å². The molecule has 0 radical (unpaired) electrons. The average Bonchev–Trinajstić information content (AvgIpc) is 3.35. The molecule has 1 fully saturated rings. The van der Waals surface area contributed by atoms with Crippen LogP contribution in [0, 0.1) is 17.5 Å². The fourth-order valence-electron chi connectivity index (χ4n) is 4.67. The van der Waals surface area contributed by atoms with Gasteiger partial charge in [-0.15, -0.1) is 0 Å². The van der Waals surface area contributed by atoms with E-state index in [0.717, 1.165) is 12.1 Å². The largest absolute Gasteiger partial charge is 0.455 e. The summed E-state index contributed by atoms with van der Waals surface area (Å²) in [5.41, 5.74) is 0.837. The number of hydrogen-bond donors (Lipinski definition) is 3. The van der Waals surface area contributed by atoms with Crippen molar-refractivity contribution in [1.29, 1.82) is 0 Å². The van der Waals surface area contributed by atoms with Gasteiger partial charge in [-0.3, -0.25) is 14.4 Å². The minimum atomic E-state index is -1.60. The van der Waals surface area contributed by atoms with E-state index < -0.39 is 48.0 Å². The van der Waals surface area contributed by atoms with Crippen LogP contribution < -0.4 is 15.0 Å². The van der Waals surface area contributed by atoms with Crippen molar-refractivity contribution in [3.05, 3.63) is 59.9 Å². The van der Waals surface area contributed by atoms with E-state index in [1.165, 1.54) is 23.5 Å². The fraction of sp³-hybridized carbons (Fsp3) is 0.391. The first kappa shape index (κ1) is 24.9. The van der Waals surface area contributed by atoms with E-state index in [2.05, 4.69) is 20.4 Å². The molecule has 1 amide bonds. The Balaban J connectivity index is 1.37. The Morgan fingerprint density at radius 1 is 1.16 bits per heavy atom. The lowest BCUT2D eigenvalue weighted by atomic mass is 10.1. The second-order valence-electron chi connectivity index (χ2n) is 8.96. The van der Waals surface area contributed by atoms with Gasteiger partial charge < -0.3 is 25.2 Å². The Morgan fingerprint density at radius 3 is 2.51 bits per heavy atom. The molecule has 196 valence electrons. The van der Waals surface area contributed by atoms with E-state index in [1.54, 1.807) is 22.6 Å². The van der Waals surface area contributed by atoms with E-state index >= 15 is 0 Å². The number of nitrogens with zero attached hydrogens (tertiary/aromatic N) is 6. The summed E-state index contributed by atoms with van der Waals surface area (Å²) in [5.74, 6) is -4.97. The van der Waals surface area contributed by atoms with E-state index in [-0.39, 0.29) is 24.3 Å². The molecule has 1 unspecified atom stereocenters. The Bertz CT molecular complexity index is 1290. The summed E-state index contributed by atoms with van der Waals surface area (Å²) in [4.78, 5) is 24.0. The molecule has 5 rings (SSSR count). The summed E-state index contributed by atoms with van der Waals surface area (Å²) in [6, 6.07) is 2.23. The SMILES string of the molecule is C[C@@H]1[C@@H](Oc2ncccn2)[C@H](O)C(=O)N1c1cnn2c1CN(C(O)Nc1cc(F)c(F)c(F)c1)[C@@H](C)C2. The minimum absolute atomic E-state index is 0.0212. The number of aromatic nitrogens is 4. The van der Waals surface area contributed by atoms with Crippen LogP contribution in [0.3, 0.4) is 0 Å². The van der Waals surface area contributed by atoms with Crippen LogP contribution >= 0.6 is 0 Å². The van der Waals surface area contributed by atoms with Gasteiger partial charge in [-0.25, -0.2) is 23.1 Å². The Morgan fingerprint density at radius 2 is 1.84 bits per heavy atom. The molecule has 0 aliphatic carbocycles. The molecule has 4 heterocycles. The van der Waals surface area contributed by atoms with Crippen LogP contribution in [0.5, 0.6) is 6.01 Å². The fourth-order valence-corrected chi connectivity index (χ4v) is 4.67. The van der Waals surface area contributed by atoms with Crippen molar-refractivity contribution in [3.63, 3.8) is 0 Å². The predicted octanol–water partition coefficient (Wildman–Crippen LogP) is 1.23. The maximum absolute atomic E-state index is 13.6. The number of aliphatic hydroxyl groups is 2. The molecule has 1 aromatic carbocycles. The predicted molar refractivity (Wildman–Crippen MR) is 123 cm³/mol. The maximum atomic E-state index is 13.6. The number of fused-ring (bicyclic) bond motifs is 1. The first-order valence-corrected chi connectivity index (χ1v) is 11.5. The number of rotatable bonds is 6. The summed E-state index contributed by atoms with van der Waals surface area (Å²) in [5, 5.41) is 28.4. The van der Waals surface area contributed by atoms with Crippen molar-refractivity contribution < 1.29 is 32.9 Å². The third-order valence-electron chi connectivity index (χ3n) is 6.58. The number of nitrogens with one attached hydrogen (secondary N) is 1. The number of benzene rings is 1. The highest BCUT2D eigenvalue weighted by atomic mass is 19.2. The van der Waals surface area contributed by atoms with E-state index in [9.17, 15) is 28.2 Å². The third-order valence-corrected chi connectivity index (χ3v) is 6.58. The second kappa shape index (κ2) is 9.61. The summed E-state index contributed by atoms with van der Waals surface area (Å²) >= 11 is 0. The zero-order valence-corrected chi connectivity index (χ0v) is 19.8. The quantitative estimate of drug-likeness (QED) is 0.325. The first-order chi connectivity index (χ1) is 17.7. The number of amides is 1. The molecule has 0 saturated carbocycles. The molecule has 2 aliphatic heterocycles. The number of carbonyl (C=O) groups is 1. The smallest absolute Gasteiger partial charge is 0.316 e. The van der Waals surface area contributed by atoms with Crippen LogP contribution in [0.25, 0.3) is 0 Å². The van der Waals surface area contributed by atoms with Crippen molar-refractivity contribution in [1.82, 2.24) is 24.6 Å². The van der Waals surface area contributed by atoms with Gasteiger partial charge in [0.05, 0.1) is 30.2 Å². The Hall–Kier alpha value is -3.75. The average molecular weight is 519 g/mol. The molecule has 3 aromatic rings. The molecule has 3 N–H and O–H groups in total. The highest BCUT2D eigenvalue weighted by molar-refractivity contribution is 6.00. The van der Waals surface area contributed by atoms with Crippen molar-refractivity contribution >= 4 is 17.3 Å². The van der Waals surface area contributed by atoms with Gasteiger partial charge in [0.1, 0.15) is 0 Å². The molecular weight excluding hydrogens is 495 g/mol. The lowest BCUT2D eigenvalue weighted by Gasteiger charge is -2.38. The van der Waals surface area contributed by atoms with Gasteiger partial charge in [0.25, 0.3) is 5.91 Å². The molecule has 2 aromatic heterocycles. The summed E-state index contributed by atoms with van der Waals surface area (Å²) in [6.07, 6.45) is 0.638. The van der Waals surface area contributed by atoms with Gasteiger partial charge in [0, 0.05) is 42.8 Å². The Kier molecular flexibility index (Phi) is 6.47. The molecule has 0 bridgehead atoms. The van der Waals surface area contributed by atoms with E-state index in [0.29, 0.717) is 17.9 Å². The van der Waals surface area contributed by atoms with Crippen LogP contribution in [-0.4, -0.2) is 71.4 Å². The molecule has 5 atom stereocenters. The number of halogens is 3. The van der Waals surface area contributed by atoms with Crippen LogP contribution in [0.1, 0.15) is 19.5 Å². The minimum Gasteiger partial charge on any atom is -0.455 e. The second-order valence-corrected chi connectivity index (χ2v) is 8.96. The van der Waals surface area contributed by atoms with Crippen molar-refractivity contribution in [3.8, 4) is 6.01 Å². The highest BCUT2D eigenvalue weighted by Crippen LogP contribution is 2.34. The van der Waals surface area contributed by atoms with E-state index in [1.807, 2.05) is 6.92 Å². The summed E-state index contributed by atoms with van der Waals surface area (Å²) < 4.78 is 47.9. The normalized spacial score (nSPS) is 24.7. The van der Waals surface area contributed by atoms with Crippen LogP contribution in [0.2, 0.25) is 0 Å². The van der Waals surface area contributed by atoms with Crippen LogP contribution in [0.4, 0.5) is 24.5 Å². The lowest BCUT2D eigenvalue weighted by Crippen LogP contribution is -2.50. The van der Waals surface area contributed by atoms with Crippen LogP contribution in [0.15, 0.2) is 36.8 Å². The number of anilines is 2. The molecule has 2 aliphatic rings. The maximum Gasteiger partial charge on any atom is 0.316 e. The number of hydrogen-bond acceptors (Lipinski definition) is 9. The topological polar surface area (TPSA) is 129 Å². The third kappa shape index (κ3) is 4.47. The first-order valence-electron chi connectivity index (χ1n) is 11.5. The van der Waals surface area contributed by atoms with Crippen molar-refractivity contribution in [2.24, 2.45) is 0 Å². The summed E-state index contributed by atoms with van der Waals surface area (Å²) in [6.45, 7) is 3.95. The number of carbonyl (C=O) groups excluding carboxylic acids is 1. The van der Waals surface area contributed by atoms with Gasteiger partial charge in [-0.05, 0) is 19.9 Å². The van der Waals surface area contributed by atoms with Gasteiger partial charge in [0.15, 0.2) is 36.0 Å². The zero-order chi connectivity index (χ0) is 26.4. The van der Waals surface area contributed by atoms with Gasteiger partial charge in [0.2, 0.25) is 0 Å². The highest BCUT2D eigenvalue weighted by Gasteiger charge is 2.49. The lowest BCUT2D eigenvalue weighted by molar-refractivity contribution is -0.126. The Labute approximate surface area is 209 Å². The molecule has 1 saturated heterocycles.